The van der Waals surface area contributed by atoms with Crippen LogP contribution in [0.3, 0.4) is 0 Å². The summed E-state index contributed by atoms with van der Waals surface area (Å²) in [6.45, 7) is 3.07. The van der Waals surface area contributed by atoms with Crippen molar-refractivity contribution in [2.45, 2.75) is 58.0 Å². The maximum absolute atomic E-state index is 12.3. The van der Waals surface area contributed by atoms with E-state index in [0.717, 1.165) is 18.2 Å². The van der Waals surface area contributed by atoms with E-state index in [1.54, 1.807) is 10.9 Å². The summed E-state index contributed by atoms with van der Waals surface area (Å²) in [6.07, 6.45) is 9.14. The number of halogens is 1. The lowest BCUT2D eigenvalue weighted by Crippen LogP contribution is -2.29. The zero-order valence-electron chi connectivity index (χ0n) is 11.9. The zero-order chi connectivity index (χ0) is 14.1. The highest BCUT2D eigenvalue weighted by atomic mass is 79.9. The molecule has 0 aromatic carbocycles. The molecule has 0 unspecified atom stereocenters. The van der Waals surface area contributed by atoms with Crippen molar-refractivity contribution >= 4 is 21.6 Å². The van der Waals surface area contributed by atoms with Gasteiger partial charge in [-0.2, -0.15) is 5.10 Å². The molecule has 3 rings (SSSR count). The molecular weight excluding hydrogens is 318 g/mol. The van der Waals surface area contributed by atoms with Gasteiger partial charge >= 0.3 is 0 Å². The second kappa shape index (κ2) is 5.88. The van der Waals surface area contributed by atoms with E-state index >= 15 is 0 Å². The second-order valence-electron chi connectivity index (χ2n) is 6.40. The third kappa shape index (κ3) is 3.25. The third-order valence-electron chi connectivity index (χ3n) is 4.49. The van der Waals surface area contributed by atoms with E-state index in [2.05, 4.69) is 33.3 Å². The van der Waals surface area contributed by atoms with Gasteiger partial charge in [0.25, 0.3) is 5.56 Å². The molecule has 0 spiro atoms. The molecule has 0 atom stereocenters. The maximum atomic E-state index is 12.3. The van der Waals surface area contributed by atoms with Gasteiger partial charge < -0.3 is 5.32 Å². The summed E-state index contributed by atoms with van der Waals surface area (Å²) in [5, 5.41) is 7.80. The highest BCUT2D eigenvalue weighted by molar-refractivity contribution is 9.10. The number of nitrogens with one attached hydrogen (secondary N) is 1. The third-order valence-corrected chi connectivity index (χ3v) is 5.25. The Morgan fingerprint density at radius 3 is 2.65 bits per heavy atom. The largest absolute Gasteiger partial charge is 0.380 e. The molecule has 4 nitrogen and oxygen atoms in total. The molecule has 1 aromatic heterocycles. The van der Waals surface area contributed by atoms with Crippen LogP contribution < -0.4 is 10.9 Å². The van der Waals surface area contributed by atoms with Crippen molar-refractivity contribution < 1.29 is 0 Å². The standard InChI is InChI=1S/C15H22BrN3O/c1-10-2-6-12(7-3-10)18-13-8-17-19(9-11-4-5-11)15(20)14(13)16/h8,10-12,18H,2-7,9H2,1H3. The Bertz CT molecular complexity index is 530. The molecule has 110 valence electrons. The van der Waals surface area contributed by atoms with Crippen LogP contribution in [0.25, 0.3) is 0 Å². The Hall–Kier alpha value is -0.840. The molecule has 0 bridgehead atoms. The van der Waals surface area contributed by atoms with E-state index < -0.39 is 0 Å². The molecule has 2 saturated carbocycles. The molecule has 2 aliphatic carbocycles. The van der Waals surface area contributed by atoms with Gasteiger partial charge in [0.15, 0.2) is 0 Å². The predicted octanol–water partition coefficient (Wildman–Crippen LogP) is 3.41. The van der Waals surface area contributed by atoms with Crippen molar-refractivity contribution in [1.29, 1.82) is 0 Å². The summed E-state index contributed by atoms with van der Waals surface area (Å²) in [5.41, 5.74) is 0.840. The molecule has 1 N–H and O–H groups in total. The maximum Gasteiger partial charge on any atom is 0.283 e. The van der Waals surface area contributed by atoms with E-state index in [9.17, 15) is 4.79 Å². The monoisotopic (exact) mass is 339 g/mol. The van der Waals surface area contributed by atoms with Crippen LogP contribution in [0.4, 0.5) is 5.69 Å². The molecule has 0 aliphatic heterocycles. The minimum Gasteiger partial charge on any atom is -0.380 e. The van der Waals surface area contributed by atoms with Crippen molar-refractivity contribution in [3.63, 3.8) is 0 Å². The summed E-state index contributed by atoms with van der Waals surface area (Å²) in [7, 11) is 0. The molecule has 0 saturated heterocycles. The molecule has 2 fully saturated rings. The first-order valence-electron chi connectivity index (χ1n) is 7.65. The number of rotatable bonds is 4. The smallest absolute Gasteiger partial charge is 0.283 e. The van der Waals surface area contributed by atoms with Crippen molar-refractivity contribution in [3.05, 3.63) is 21.0 Å². The Labute approximate surface area is 128 Å². The van der Waals surface area contributed by atoms with Gasteiger partial charge in [-0.25, -0.2) is 4.68 Å². The van der Waals surface area contributed by atoms with Gasteiger partial charge in [-0.05, 0) is 66.3 Å². The van der Waals surface area contributed by atoms with E-state index in [1.807, 2.05) is 0 Å². The SMILES string of the molecule is CC1CCC(Nc2cnn(CC3CC3)c(=O)c2Br)CC1. The molecular formula is C15H22BrN3O. The average Bonchev–Trinajstić information content (AvgIpc) is 3.25. The molecule has 1 aromatic rings. The topological polar surface area (TPSA) is 46.9 Å². The van der Waals surface area contributed by atoms with Crippen molar-refractivity contribution in [2.75, 3.05) is 5.32 Å². The molecule has 0 radical (unpaired) electrons. The Morgan fingerprint density at radius 1 is 1.30 bits per heavy atom. The lowest BCUT2D eigenvalue weighted by molar-refractivity contribution is 0.361. The summed E-state index contributed by atoms with van der Waals surface area (Å²) < 4.78 is 2.22. The Balaban J connectivity index is 1.70. The van der Waals surface area contributed by atoms with Crippen LogP contribution in [0.1, 0.15) is 45.4 Å². The number of aromatic nitrogens is 2. The van der Waals surface area contributed by atoms with Crippen LogP contribution >= 0.6 is 15.9 Å². The van der Waals surface area contributed by atoms with Crippen LogP contribution in [0, 0.1) is 11.8 Å². The molecule has 1 heterocycles. The fourth-order valence-corrected chi connectivity index (χ4v) is 3.29. The normalized spacial score (nSPS) is 26.5. The van der Waals surface area contributed by atoms with Gasteiger partial charge in [0.1, 0.15) is 4.47 Å². The first-order valence-corrected chi connectivity index (χ1v) is 8.45. The van der Waals surface area contributed by atoms with Crippen LogP contribution in [0.15, 0.2) is 15.5 Å². The quantitative estimate of drug-likeness (QED) is 0.914. The second-order valence-corrected chi connectivity index (χ2v) is 7.20. The van der Waals surface area contributed by atoms with Gasteiger partial charge in [0.2, 0.25) is 0 Å². The van der Waals surface area contributed by atoms with E-state index in [0.29, 0.717) is 16.4 Å². The van der Waals surface area contributed by atoms with Gasteiger partial charge in [-0.15, -0.1) is 0 Å². The molecule has 2 aliphatic rings. The molecule has 20 heavy (non-hydrogen) atoms. The van der Waals surface area contributed by atoms with Gasteiger partial charge in [-0.1, -0.05) is 6.92 Å². The number of hydrogen-bond donors (Lipinski definition) is 1. The fourth-order valence-electron chi connectivity index (χ4n) is 2.87. The fraction of sp³-hybridized carbons (Fsp3) is 0.733. The van der Waals surface area contributed by atoms with Crippen molar-refractivity contribution in [3.8, 4) is 0 Å². The zero-order valence-corrected chi connectivity index (χ0v) is 13.5. The van der Waals surface area contributed by atoms with E-state index in [4.69, 9.17) is 0 Å². The summed E-state index contributed by atoms with van der Waals surface area (Å²) in [5.74, 6) is 1.49. The van der Waals surface area contributed by atoms with Crippen LogP contribution in [-0.2, 0) is 6.54 Å². The van der Waals surface area contributed by atoms with E-state index in [1.165, 1.54) is 38.5 Å². The first kappa shape index (κ1) is 14.1. The summed E-state index contributed by atoms with van der Waals surface area (Å²) in [6, 6.07) is 0.475. The Kier molecular flexibility index (Phi) is 4.15. The average molecular weight is 340 g/mol. The Morgan fingerprint density at radius 2 is 2.00 bits per heavy atom. The summed E-state index contributed by atoms with van der Waals surface area (Å²) >= 11 is 3.44. The molecule has 5 heteroatoms. The minimum absolute atomic E-state index is 0.00826. The number of anilines is 1. The summed E-state index contributed by atoms with van der Waals surface area (Å²) in [4.78, 5) is 12.3. The minimum atomic E-state index is -0.00826. The van der Waals surface area contributed by atoms with Gasteiger partial charge in [-0.3, -0.25) is 4.79 Å². The van der Waals surface area contributed by atoms with Crippen LogP contribution in [0.2, 0.25) is 0 Å². The van der Waals surface area contributed by atoms with Crippen molar-refractivity contribution in [1.82, 2.24) is 9.78 Å². The van der Waals surface area contributed by atoms with Crippen LogP contribution in [0.5, 0.6) is 0 Å². The number of nitrogens with zero attached hydrogens (tertiary/aromatic N) is 2. The number of hydrogen-bond acceptors (Lipinski definition) is 3. The highest BCUT2D eigenvalue weighted by Gasteiger charge is 2.24. The van der Waals surface area contributed by atoms with Gasteiger partial charge in [0, 0.05) is 12.6 Å². The van der Waals surface area contributed by atoms with Crippen molar-refractivity contribution in [2.24, 2.45) is 11.8 Å². The molecule has 0 amide bonds. The van der Waals surface area contributed by atoms with E-state index in [-0.39, 0.29) is 5.56 Å². The lowest BCUT2D eigenvalue weighted by atomic mass is 9.87. The van der Waals surface area contributed by atoms with Crippen LogP contribution in [-0.4, -0.2) is 15.8 Å². The van der Waals surface area contributed by atoms with Gasteiger partial charge in [0.05, 0.1) is 11.9 Å². The predicted molar refractivity (Wildman–Crippen MR) is 84.0 cm³/mol. The first-order chi connectivity index (χ1) is 9.63. The highest BCUT2D eigenvalue weighted by Crippen LogP contribution is 2.30. The lowest BCUT2D eigenvalue weighted by Gasteiger charge is -2.27.